The molecule has 6 nitrogen and oxygen atoms in total. The van der Waals surface area contributed by atoms with E-state index in [1.165, 1.54) is 18.5 Å². The van der Waals surface area contributed by atoms with E-state index in [0.717, 1.165) is 25.6 Å². The predicted molar refractivity (Wildman–Crippen MR) is 111 cm³/mol. The van der Waals surface area contributed by atoms with Crippen LogP contribution in [0.5, 0.6) is 0 Å². The molecule has 2 rings (SSSR count). The molecule has 0 radical (unpaired) electrons. The minimum absolute atomic E-state index is 0.263. The maximum atomic E-state index is 12.6. The van der Waals surface area contributed by atoms with Crippen LogP contribution in [0.2, 0.25) is 0 Å². The average Bonchev–Trinajstić information content (AvgIpc) is 2.62. The highest BCUT2D eigenvalue weighted by atomic mass is 16.2. The molecule has 0 bridgehead atoms. The number of anilines is 2. The van der Waals surface area contributed by atoms with E-state index in [1.54, 1.807) is 13.8 Å². The molecule has 0 atom stereocenters. The van der Waals surface area contributed by atoms with Crippen molar-refractivity contribution in [1.29, 1.82) is 0 Å². The van der Waals surface area contributed by atoms with E-state index < -0.39 is 5.41 Å². The molecule has 27 heavy (non-hydrogen) atoms. The minimum atomic E-state index is -1.13. The normalized spacial score (nSPS) is 15.7. The molecular formula is C21H34N4O2. The summed E-state index contributed by atoms with van der Waals surface area (Å²) in [5.74, 6) is 0.233. The minimum Gasteiger partial charge on any atom is -0.372 e. The van der Waals surface area contributed by atoms with Crippen LogP contribution < -0.4 is 15.5 Å². The Balaban J connectivity index is 1.91. The Hall–Kier alpha value is -2.08. The molecule has 2 amide bonds. The molecule has 150 valence electrons. The van der Waals surface area contributed by atoms with Crippen LogP contribution in [-0.2, 0) is 9.59 Å². The third-order valence-corrected chi connectivity index (χ3v) is 5.25. The fraction of sp³-hybridized carbons (Fsp3) is 0.619. The summed E-state index contributed by atoms with van der Waals surface area (Å²) in [6.45, 7) is 9.01. The van der Waals surface area contributed by atoms with Crippen molar-refractivity contribution >= 4 is 23.2 Å². The first-order valence-electron chi connectivity index (χ1n) is 9.79. The largest absolute Gasteiger partial charge is 0.372 e. The van der Waals surface area contributed by atoms with Gasteiger partial charge in [-0.3, -0.25) is 9.59 Å². The highest BCUT2D eigenvalue weighted by Crippen LogP contribution is 2.25. The monoisotopic (exact) mass is 374 g/mol. The van der Waals surface area contributed by atoms with Crippen LogP contribution in [0.25, 0.3) is 0 Å². The molecule has 0 spiro atoms. The van der Waals surface area contributed by atoms with E-state index >= 15 is 0 Å². The molecule has 1 heterocycles. The fourth-order valence-corrected chi connectivity index (χ4v) is 3.03. The quantitative estimate of drug-likeness (QED) is 0.720. The molecule has 1 aromatic carbocycles. The van der Waals surface area contributed by atoms with Crippen molar-refractivity contribution in [2.45, 2.75) is 33.6 Å². The third-order valence-electron chi connectivity index (χ3n) is 5.25. The maximum Gasteiger partial charge on any atom is 0.239 e. The molecule has 1 saturated heterocycles. The Labute approximate surface area is 163 Å². The van der Waals surface area contributed by atoms with E-state index in [9.17, 15) is 9.59 Å². The second-order valence-corrected chi connectivity index (χ2v) is 8.35. The number of piperidine rings is 1. The van der Waals surface area contributed by atoms with E-state index in [1.807, 2.05) is 43.3 Å². The van der Waals surface area contributed by atoms with Gasteiger partial charge in [0.05, 0.1) is 0 Å². The van der Waals surface area contributed by atoms with Gasteiger partial charge in [-0.05, 0) is 71.0 Å². The Bertz CT molecular complexity index is 632. The van der Waals surface area contributed by atoms with Crippen molar-refractivity contribution < 1.29 is 9.59 Å². The molecule has 6 heteroatoms. The third kappa shape index (κ3) is 5.96. The number of carbonyl (C=O) groups is 2. The Morgan fingerprint density at radius 2 is 1.70 bits per heavy atom. The van der Waals surface area contributed by atoms with Gasteiger partial charge in [0.1, 0.15) is 5.41 Å². The molecule has 0 aromatic heterocycles. The highest BCUT2D eigenvalue weighted by Gasteiger charge is 2.35. The van der Waals surface area contributed by atoms with Crippen LogP contribution in [0.4, 0.5) is 11.4 Å². The lowest BCUT2D eigenvalue weighted by molar-refractivity contribution is -0.138. The van der Waals surface area contributed by atoms with Gasteiger partial charge in [0.2, 0.25) is 11.8 Å². The Kier molecular flexibility index (Phi) is 7.25. The number of benzene rings is 1. The van der Waals surface area contributed by atoms with E-state index in [0.29, 0.717) is 12.2 Å². The van der Waals surface area contributed by atoms with Crippen molar-refractivity contribution in [3.05, 3.63) is 24.3 Å². The summed E-state index contributed by atoms with van der Waals surface area (Å²) in [6.07, 6.45) is 2.44. The summed E-state index contributed by atoms with van der Waals surface area (Å²) >= 11 is 0. The first-order chi connectivity index (χ1) is 12.7. The smallest absolute Gasteiger partial charge is 0.239 e. The zero-order valence-corrected chi connectivity index (χ0v) is 17.3. The van der Waals surface area contributed by atoms with Crippen LogP contribution in [0.1, 0.15) is 33.6 Å². The predicted octanol–water partition coefficient (Wildman–Crippen LogP) is 2.57. The first kappa shape index (κ1) is 21.2. The lowest BCUT2D eigenvalue weighted by Crippen LogP contribution is -2.46. The van der Waals surface area contributed by atoms with Crippen LogP contribution >= 0.6 is 0 Å². The molecule has 0 saturated carbocycles. The molecule has 1 fully saturated rings. The second-order valence-electron chi connectivity index (χ2n) is 8.35. The van der Waals surface area contributed by atoms with E-state index in [-0.39, 0.29) is 11.8 Å². The molecule has 2 N–H and O–H groups in total. The number of likely N-dealkylation sites (N-methyl/N-ethyl adjacent to an activating group) is 1. The fourth-order valence-electron chi connectivity index (χ4n) is 3.03. The molecule has 0 aliphatic carbocycles. The number of hydrogen-bond donors (Lipinski definition) is 2. The SMILES string of the molecule is CC1CCN(c2ccc(NC(=O)C(C)(C)C(=O)NCCN(C)C)cc2)CC1. The molecule has 0 unspecified atom stereocenters. The van der Waals surface area contributed by atoms with Crippen LogP contribution in [-0.4, -0.2) is 57.0 Å². The number of rotatable bonds is 7. The number of hydrogen-bond acceptors (Lipinski definition) is 4. The van der Waals surface area contributed by atoms with E-state index in [2.05, 4.69) is 22.5 Å². The van der Waals surface area contributed by atoms with Crippen molar-refractivity contribution in [2.75, 3.05) is 50.5 Å². The van der Waals surface area contributed by atoms with Crippen LogP contribution in [0, 0.1) is 11.3 Å². The van der Waals surface area contributed by atoms with Crippen molar-refractivity contribution in [1.82, 2.24) is 10.2 Å². The summed E-state index contributed by atoms with van der Waals surface area (Å²) in [6, 6.07) is 7.89. The summed E-state index contributed by atoms with van der Waals surface area (Å²) in [5.41, 5.74) is 0.762. The van der Waals surface area contributed by atoms with Gasteiger partial charge in [0, 0.05) is 37.6 Å². The van der Waals surface area contributed by atoms with Gasteiger partial charge < -0.3 is 20.4 Å². The molecular weight excluding hydrogens is 340 g/mol. The van der Waals surface area contributed by atoms with Crippen LogP contribution in [0.15, 0.2) is 24.3 Å². The summed E-state index contributed by atoms with van der Waals surface area (Å²) in [7, 11) is 3.89. The van der Waals surface area contributed by atoms with Gasteiger partial charge in [-0.2, -0.15) is 0 Å². The van der Waals surface area contributed by atoms with Gasteiger partial charge in [-0.15, -0.1) is 0 Å². The van der Waals surface area contributed by atoms with E-state index in [4.69, 9.17) is 0 Å². The average molecular weight is 375 g/mol. The second kappa shape index (κ2) is 9.22. The number of amides is 2. The zero-order valence-electron chi connectivity index (χ0n) is 17.3. The van der Waals surface area contributed by atoms with Gasteiger partial charge in [0.25, 0.3) is 0 Å². The van der Waals surface area contributed by atoms with Crippen molar-refractivity contribution in [2.24, 2.45) is 11.3 Å². The van der Waals surface area contributed by atoms with Gasteiger partial charge in [-0.1, -0.05) is 6.92 Å². The molecule has 1 aliphatic rings. The summed E-state index contributed by atoms with van der Waals surface area (Å²) in [4.78, 5) is 29.3. The maximum absolute atomic E-state index is 12.6. The van der Waals surface area contributed by atoms with Crippen molar-refractivity contribution in [3.63, 3.8) is 0 Å². The van der Waals surface area contributed by atoms with Crippen molar-refractivity contribution in [3.8, 4) is 0 Å². The summed E-state index contributed by atoms with van der Waals surface area (Å²) < 4.78 is 0. The standard InChI is InChI=1S/C21H34N4O2/c1-16-10-13-25(14-11-16)18-8-6-17(7-9-18)23-20(27)21(2,3)19(26)22-12-15-24(4)5/h6-9,16H,10-15H2,1-5H3,(H,22,26)(H,23,27). The molecule has 1 aromatic rings. The lowest BCUT2D eigenvalue weighted by Gasteiger charge is -2.32. The zero-order chi connectivity index (χ0) is 20.0. The molecule has 1 aliphatic heterocycles. The lowest BCUT2D eigenvalue weighted by atomic mass is 9.91. The van der Waals surface area contributed by atoms with Gasteiger partial charge in [-0.25, -0.2) is 0 Å². The summed E-state index contributed by atoms with van der Waals surface area (Å²) in [5, 5.41) is 5.70. The first-order valence-corrected chi connectivity index (χ1v) is 9.79. The van der Waals surface area contributed by atoms with Gasteiger partial charge >= 0.3 is 0 Å². The Morgan fingerprint density at radius 1 is 1.11 bits per heavy atom. The Morgan fingerprint density at radius 3 is 2.26 bits per heavy atom. The topological polar surface area (TPSA) is 64.7 Å². The number of nitrogens with zero attached hydrogens (tertiary/aromatic N) is 2. The highest BCUT2D eigenvalue weighted by molar-refractivity contribution is 6.09. The number of nitrogens with one attached hydrogen (secondary N) is 2. The number of carbonyl (C=O) groups excluding carboxylic acids is 2. The van der Waals surface area contributed by atoms with Gasteiger partial charge in [0.15, 0.2) is 0 Å². The van der Waals surface area contributed by atoms with Crippen LogP contribution in [0.3, 0.4) is 0 Å².